The van der Waals surface area contributed by atoms with Crippen LogP contribution >= 0.6 is 27.3 Å². The molecule has 2 fully saturated rings. The fourth-order valence-corrected chi connectivity index (χ4v) is 7.92. The van der Waals surface area contributed by atoms with Crippen molar-refractivity contribution in [2.24, 2.45) is 5.41 Å². The monoisotopic (exact) mass is 806 g/mol. The number of hydrogen-bond donors (Lipinski definition) is 3. The molecule has 52 heavy (non-hydrogen) atoms. The number of rotatable bonds is 22. The highest BCUT2D eigenvalue weighted by Crippen LogP contribution is 2.40. The molecule has 1 saturated heterocycles. The molecule has 9 nitrogen and oxygen atoms in total. The van der Waals surface area contributed by atoms with E-state index in [1.54, 1.807) is 32.1 Å². The number of carbonyl (C=O) groups is 3. The molecule has 3 amide bonds. The van der Waals surface area contributed by atoms with Gasteiger partial charge in [0, 0.05) is 30.4 Å². The summed E-state index contributed by atoms with van der Waals surface area (Å²) in [5, 5.41) is 17.3. The highest BCUT2D eigenvalue weighted by atomic mass is 79.9. The van der Waals surface area contributed by atoms with Gasteiger partial charge in [-0.25, -0.2) is 9.37 Å². The maximum Gasteiger partial charge on any atom is 0.258 e. The summed E-state index contributed by atoms with van der Waals surface area (Å²) in [6.45, 7) is 8.02. The number of aliphatic hydroxyl groups excluding tert-OH is 1. The third-order valence-corrected chi connectivity index (χ3v) is 11.7. The molecule has 3 N–H and O–H groups in total. The topological polar surface area (TPSA) is 121 Å². The molecule has 1 aliphatic heterocycles. The van der Waals surface area contributed by atoms with E-state index in [0.717, 1.165) is 39.9 Å². The van der Waals surface area contributed by atoms with Crippen LogP contribution in [0, 0.1) is 12.3 Å². The standard InChI is InChI=1S/C40H60BrFN4O5S/c1-28-34(52-27-44-28)29-17-18-30(33(23-29)51-22-16-14-12-10-8-6-5-7-9-11-13-15-21-41)25-43-36(48)32-24-31(47)26-46(32)37(49)35(39(2,3)4)45-38(50)40(42)19-20-40/h17-18,23,27,31-32,35,47H,5-16,19-22,24-26H2,1-4H3,(H,43,48)(H,45,50)/t31-,32+,35-/m1/s1. The summed E-state index contributed by atoms with van der Waals surface area (Å²) in [5.41, 5.74) is 1.89. The van der Waals surface area contributed by atoms with Gasteiger partial charge in [0.15, 0.2) is 5.67 Å². The first kappa shape index (κ1) is 42.2. The van der Waals surface area contributed by atoms with Crippen molar-refractivity contribution in [2.75, 3.05) is 18.5 Å². The van der Waals surface area contributed by atoms with Gasteiger partial charge >= 0.3 is 0 Å². The Morgan fingerprint density at radius 2 is 1.65 bits per heavy atom. The molecule has 0 radical (unpaired) electrons. The lowest BCUT2D eigenvalue weighted by Crippen LogP contribution is -2.59. The number of benzene rings is 1. The molecule has 1 aromatic heterocycles. The van der Waals surface area contributed by atoms with E-state index in [-0.39, 0.29) is 32.4 Å². The number of aliphatic hydroxyl groups is 1. The molecule has 12 heteroatoms. The summed E-state index contributed by atoms with van der Waals surface area (Å²) >= 11 is 5.07. The number of unbranched alkanes of at least 4 members (excludes halogenated alkanes) is 11. The number of alkyl halides is 2. The molecule has 0 bridgehead atoms. The van der Waals surface area contributed by atoms with Gasteiger partial charge in [-0.15, -0.1) is 11.3 Å². The SMILES string of the molecule is Cc1ncsc1-c1ccc(CNC(=O)[C@@H]2C[C@@H](O)CN2C(=O)[C@@H](NC(=O)C2(F)CC2)C(C)(C)C)c(OCCCCCCCCCCCCCCBr)c1. The van der Waals surface area contributed by atoms with Crippen molar-refractivity contribution in [3.05, 3.63) is 35.0 Å². The van der Waals surface area contributed by atoms with E-state index in [1.807, 2.05) is 30.6 Å². The van der Waals surface area contributed by atoms with Crippen LogP contribution < -0.4 is 15.4 Å². The third kappa shape index (κ3) is 12.5. The van der Waals surface area contributed by atoms with Crippen LogP contribution in [0.4, 0.5) is 4.39 Å². The minimum Gasteiger partial charge on any atom is -0.493 e. The summed E-state index contributed by atoms with van der Waals surface area (Å²) in [7, 11) is 0. The molecular formula is C40H60BrFN4O5S. The second-order valence-corrected chi connectivity index (χ2v) is 17.4. The number of ether oxygens (including phenoxy) is 1. The van der Waals surface area contributed by atoms with Crippen molar-refractivity contribution in [3.8, 4) is 16.2 Å². The predicted octanol–water partition coefficient (Wildman–Crippen LogP) is 8.18. The number of aromatic nitrogens is 1. The number of carbonyl (C=O) groups excluding carboxylic acids is 3. The Morgan fingerprint density at radius 3 is 2.21 bits per heavy atom. The van der Waals surface area contributed by atoms with Crippen molar-refractivity contribution in [1.29, 1.82) is 0 Å². The first-order valence-corrected chi connectivity index (χ1v) is 21.3. The predicted molar refractivity (Wildman–Crippen MR) is 209 cm³/mol. The van der Waals surface area contributed by atoms with Crippen LogP contribution in [0.3, 0.4) is 0 Å². The second-order valence-electron chi connectivity index (χ2n) is 15.7. The first-order chi connectivity index (χ1) is 24.8. The van der Waals surface area contributed by atoms with Crippen LogP contribution in [0.5, 0.6) is 5.75 Å². The van der Waals surface area contributed by atoms with Crippen molar-refractivity contribution in [2.45, 2.75) is 154 Å². The fraction of sp³-hybridized carbons (Fsp3) is 0.700. The zero-order valence-electron chi connectivity index (χ0n) is 31.6. The molecule has 1 saturated carbocycles. The summed E-state index contributed by atoms with van der Waals surface area (Å²) in [6, 6.07) is 3.97. The van der Waals surface area contributed by atoms with E-state index in [4.69, 9.17) is 4.74 Å². The smallest absolute Gasteiger partial charge is 0.258 e. The van der Waals surface area contributed by atoms with Gasteiger partial charge in [-0.3, -0.25) is 14.4 Å². The zero-order valence-corrected chi connectivity index (χ0v) is 34.0. The van der Waals surface area contributed by atoms with E-state index < -0.39 is 47.0 Å². The summed E-state index contributed by atoms with van der Waals surface area (Å²) in [5.74, 6) is -1.02. The molecule has 2 aromatic rings. The number of likely N-dealkylation sites (tertiary alicyclic amines) is 1. The molecule has 2 aliphatic rings. The van der Waals surface area contributed by atoms with E-state index in [0.29, 0.717) is 12.4 Å². The third-order valence-electron chi connectivity index (χ3n) is 10.2. The Balaban J connectivity index is 1.31. The van der Waals surface area contributed by atoms with Crippen LogP contribution in [0.25, 0.3) is 10.4 Å². The van der Waals surface area contributed by atoms with Crippen LogP contribution in [0.15, 0.2) is 23.7 Å². The molecule has 0 unspecified atom stereocenters. The minimum atomic E-state index is -1.94. The highest BCUT2D eigenvalue weighted by Gasteiger charge is 2.53. The maximum atomic E-state index is 14.5. The Bertz CT molecular complexity index is 1460. The van der Waals surface area contributed by atoms with Gasteiger partial charge in [0.2, 0.25) is 11.8 Å². The highest BCUT2D eigenvalue weighted by molar-refractivity contribution is 9.09. The Labute approximate surface area is 322 Å². The Kier molecular flexibility index (Phi) is 16.4. The molecule has 1 aromatic carbocycles. The Hall–Kier alpha value is -2.57. The molecule has 2 heterocycles. The van der Waals surface area contributed by atoms with Gasteiger partial charge in [-0.2, -0.15) is 0 Å². The van der Waals surface area contributed by atoms with Crippen LogP contribution in [0.1, 0.15) is 128 Å². The lowest BCUT2D eigenvalue weighted by molar-refractivity contribution is -0.145. The van der Waals surface area contributed by atoms with Crippen molar-refractivity contribution < 1.29 is 28.6 Å². The molecule has 1 aliphatic carbocycles. The summed E-state index contributed by atoms with van der Waals surface area (Å²) < 4.78 is 20.9. The van der Waals surface area contributed by atoms with Crippen LogP contribution in [-0.2, 0) is 20.9 Å². The lowest BCUT2D eigenvalue weighted by atomic mass is 9.85. The maximum absolute atomic E-state index is 14.5. The number of β-amino-alcohol motifs (C(OH)–C–C–N with tert-alkyl or cyclic N) is 1. The number of hydrogen-bond acceptors (Lipinski definition) is 7. The largest absolute Gasteiger partial charge is 0.493 e. The van der Waals surface area contributed by atoms with Crippen LogP contribution in [-0.4, -0.2) is 75.1 Å². The lowest BCUT2D eigenvalue weighted by Gasteiger charge is -2.35. The number of nitrogens with one attached hydrogen (secondary N) is 2. The van der Waals surface area contributed by atoms with Gasteiger partial charge in [-0.05, 0) is 49.7 Å². The van der Waals surface area contributed by atoms with Crippen molar-refractivity contribution in [3.63, 3.8) is 0 Å². The van der Waals surface area contributed by atoms with Gasteiger partial charge < -0.3 is 25.4 Å². The molecular weight excluding hydrogens is 747 g/mol. The molecule has 0 spiro atoms. The summed E-state index contributed by atoms with van der Waals surface area (Å²) in [4.78, 5) is 46.9. The second kappa shape index (κ2) is 20.2. The first-order valence-electron chi connectivity index (χ1n) is 19.3. The summed E-state index contributed by atoms with van der Waals surface area (Å²) in [6.07, 6.45) is 14.5. The minimum absolute atomic E-state index is 0.0464. The number of thiazole rings is 1. The number of halogens is 2. The van der Waals surface area contributed by atoms with E-state index in [2.05, 4.69) is 31.5 Å². The van der Waals surface area contributed by atoms with Gasteiger partial charge in [-0.1, -0.05) is 113 Å². The molecule has 3 atom stereocenters. The number of aryl methyl sites for hydroxylation is 1. The van der Waals surface area contributed by atoms with E-state index >= 15 is 0 Å². The van der Waals surface area contributed by atoms with Crippen molar-refractivity contribution >= 4 is 45.0 Å². The van der Waals surface area contributed by atoms with E-state index in [9.17, 15) is 23.9 Å². The van der Waals surface area contributed by atoms with Gasteiger partial charge in [0.1, 0.15) is 17.8 Å². The average molecular weight is 808 g/mol. The molecule has 290 valence electrons. The fourth-order valence-electron chi connectivity index (χ4n) is 6.72. The number of nitrogens with zero attached hydrogens (tertiary/aromatic N) is 2. The zero-order chi connectivity index (χ0) is 37.7. The Morgan fingerprint density at radius 1 is 1.04 bits per heavy atom. The van der Waals surface area contributed by atoms with Crippen molar-refractivity contribution in [1.82, 2.24) is 20.5 Å². The van der Waals surface area contributed by atoms with Gasteiger partial charge in [0.25, 0.3) is 5.91 Å². The quantitative estimate of drug-likeness (QED) is 0.0816. The van der Waals surface area contributed by atoms with E-state index in [1.165, 1.54) is 69.1 Å². The number of amides is 3. The normalized spacial score (nSPS) is 18.6. The van der Waals surface area contributed by atoms with Gasteiger partial charge in [0.05, 0.1) is 28.8 Å². The van der Waals surface area contributed by atoms with Crippen LogP contribution in [0.2, 0.25) is 0 Å². The molecule has 4 rings (SSSR count). The average Bonchev–Trinajstić information content (AvgIpc) is 3.51.